The fraction of sp³-hybridized carbons (Fsp3) is 0.259. The quantitative estimate of drug-likeness (QED) is 0.464. The van der Waals surface area contributed by atoms with E-state index in [-0.39, 0.29) is 18.0 Å². The molecule has 162 valence electrons. The smallest absolute Gasteiger partial charge is 0.290 e. The monoisotopic (exact) mass is 425 g/mol. The molecule has 1 aliphatic rings. The third-order valence-electron chi connectivity index (χ3n) is 6.37. The Morgan fingerprint density at radius 2 is 1.72 bits per heavy atom. The van der Waals surface area contributed by atoms with Gasteiger partial charge in [-0.1, -0.05) is 36.4 Å². The SMILES string of the molecule is NC1CCC(N(Cc2cccc(-c3ccncc3)c2)C(=O)c2cc3ccccc3o2)CC1. The van der Waals surface area contributed by atoms with Gasteiger partial charge in [-0.15, -0.1) is 0 Å². The first-order valence-corrected chi connectivity index (χ1v) is 11.2. The molecule has 0 atom stereocenters. The molecule has 32 heavy (non-hydrogen) atoms. The van der Waals surface area contributed by atoms with Crippen LogP contribution in [0.1, 0.15) is 41.8 Å². The summed E-state index contributed by atoms with van der Waals surface area (Å²) in [6.45, 7) is 0.536. The molecular formula is C27H27N3O2. The Kier molecular flexibility index (Phi) is 5.73. The second kappa shape index (κ2) is 8.97. The summed E-state index contributed by atoms with van der Waals surface area (Å²) in [5.41, 5.74) is 10.2. The van der Waals surface area contributed by atoms with Gasteiger partial charge in [-0.05, 0) is 72.7 Å². The third kappa shape index (κ3) is 4.30. The number of hydrogen-bond acceptors (Lipinski definition) is 4. The lowest BCUT2D eigenvalue weighted by atomic mass is 9.90. The molecule has 5 heteroatoms. The summed E-state index contributed by atoms with van der Waals surface area (Å²) in [4.78, 5) is 19.7. The van der Waals surface area contributed by atoms with Gasteiger partial charge in [0.15, 0.2) is 5.76 Å². The molecule has 2 aromatic carbocycles. The number of carbonyl (C=O) groups is 1. The van der Waals surface area contributed by atoms with Crippen molar-refractivity contribution in [2.24, 2.45) is 5.73 Å². The Balaban J connectivity index is 1.46. The van der Waals surface area contributed by atoms with Gasteiger partial charge in [0.1, 0.15) is 5.58 Å². The number of para-hydroxylation sites is 1. The number of hydrogen-bond donors (Lipinski definition) is 1. The van der Waals surface area contributed by atoms with Crippen LogP contribution in [0.4, 0.5) is 0 Å². The standard InChI is InChI=1S/C27H27N3O2/c28-23-8-10-24(11-9-23)30(27(31)26-17-22-5-1-2-7-25(22)32-26)18-19-4-3-6-21(16-19)20-12-14-29-15-13-20/h1-7,12-17,23-24H,8-11,18,28H2. The molecule has 0 bridgehead atoms. The first-order chi connectivity index (χ1) is 15.7. The van der Waals surface area contributed by atoms with Crippen LogP contribution in [0.25, 0.3) is 22.1 Å². The van der Waals surface area contributed by atoms with Gasteiger partial charge < -0.3 is 15.1 Å². The molecule has 2 heterocycles. The number of aromatic nitrogens is 1. The molecule has 4 aromatic rings. The number of rotatable bonds is 5. The van der Waals surface area contributed by atoms with Crippen LogP contribution in [0, 0.1) is 0 Å². The minimum atomic E-state index is -0.0593. The molecule has 1 fully saturated rings. The molecule has 5 rings (SSSR count). The van der Waals surface area contributed by atoms with Gasteiger partial charge in [-0.2, -0.15) is 0 Å². The van der Waals surface area contributed by atoms with Crippen molar-refractivity contribution >= 4 is 16.9 Å². The van der Waals surface area contributed by atoms with Crippen molar-refractivity contribution in [3.05, 3.63) is 90.4 Å². The Morgan fingerprint density at radius 3 is 2.50 bits per heavy atom. The number of amides is 1. The van der Waals surface area contributed by atoms with Crippen molar-refractivity contribution in [1.29, 1.82) is 0 Å². The number of fused-ring (bicyclic) bond motifs is 1. The molecule has 1 amide bonds. The van der Waals surface area contributed by atoms with E-state index in [4.69, 9.17) is 10.2 Å². The predicted octanol–water partition coefficient (Wildman–Crippen LogP) is 5.41. The summed E-state index contributed by atoms with van der Waals surface area (Å²) in [6.07, 6.45) is 7.29. The minimum Gasteiger partial charge on any atom is -0.451 e. The van der Waals surface area contributed by atoms with Crippen LogP contribution < -0.4 is 5.73 Å². The Labute approximate surface area is 187 Å². The van der Waals surface area contributed by atoms with Crippen molar-refractivity contribution in [2.45, 2.75) is 44.3 Å². The summed E-state index contributed by atoms with van der Waals surface area (Å²) in [7, 11) is 0. The van der Waals surface area contributed by atoms with Gasteiger partial charge in [0.05, 0.1) is 0 Å². The van der Waals surface area contributed by atoms with Gasteiger partial charge in [0.25, 0.3) is 5.91 Å². The maximum atomic E-state index is 13.6. The highest BCUT2D eigenvalue weighted by Gasteiger charge is 2.30. The Bertz CT molecular complexity index is 1180. The lowest BCUT2D eigenvalue weighted by Crippen LogP contribution is -2.43. The molecule has 1 aliphatic carbocycles. The molecule has 5 nitrogen and oxygen atoms in total. The molecular weight excluding hydrogens is 398 g/mol. The summed E-state index contributed by atoms with van der Waals surface area (Å²) in [6, 6.07) is 22.3. The van der Waals surface area contributed by atoms with E-state index < -0.39 is 0 Å². The topological polar surface area (TPSA) is 72.4 Å². The van der Waals surface area contributed by atoms with E-state index in [1.807, 2.05) is 53.4 Å². The second-order valence-corrected chi connectivity index (χ2v) is 8.59. The molecule has 2 aromatic heterocycles. The number of furan rings is 1. The van der Waals surface area contributed by atoms with Crippen LogP contribution in [0.2, 0.25) is 0 Å². The van der Waals surface area contributed by atoms with E-state index in [1.165, 1.54) is 0 Å². The van der Waals surface area contributed by atoms with Gasteiger partial charge in [0.2, 0.25) is 0 Å². The largest absolute Gasteiger partial charge is 0.451 e. The first kappa shape index (κ1) is 20.5. The highest BCUT2D eigenvalue weighted by molar-refractivity contribution is 5.96. The van der Waals surface area contributed by atoms with E-state index in [2.05, 4.69) is 23.2 Å². The summed E-state index contributed by atoms with van der Waals surface area (Å²) in [5, 5.41) is 0.946. The number of nitrogens with two attached hydrogens (primary N) is 1. The Morgan fingerprint density at radius 1 is 0.938 bits per heavy atom. The first-order valence-electron chi connectivity index (χ1n) is 11.2. The zero-order valence-corrected chi connectivity index (χ0v) is 18.0. The number of pyridine rings is 1. The highest BCUT2D eigenvalue weighted by Crippen LogP contribution is 2.28. The van der Waals surface area contributed by atoms with Gasteiger partial charge >= 0.3 is 0 Å². The van der Waals surface area contributed by atoms with Crippen molar-refractivity contribution in [3.63, 3.8) is 0 Å². The van der Waals surface area contributed by atoms with Crippen LogP contribution >= 0.6 is 0 Å². The van der Waals surface area contributed by atoms with Crippen molar-refractivity contribution < 1.29 is 9.21 Å². The van der Waals surface area contributed by atoms with E-state index in [0.717, 1.165) is 53.3 Å². The zero-order valence-electron chi connectivity index (χ0n) is 18.0. The van der Waals surface area contributed by atoms with Crippen molar-refractivity contribution in [3.8, 4) is 11.1 Å². The van der Waals surface area contributed by atoms with E-state index >= 15 is 0 Å². The molecule has 0 saturated heterocycles. The minimum absolute atomic E-state index is 0.0593. The second-order valence-electron chi connectivity index (χ2n) is 8.59. The third-order valence-corrected chi connectivity index (χ3v) is 6.37. The van der Waals surface area contributed by atoms with Crippen LogP contribution in [0.5, 0.6) is 0 Å². The highest BCUT2D eigenvalue weighted by atomic mass is 16.3. The molecule has 1 saturated carbocycles. The van der Waals surface area contributed by atoms with Gasteiger partial charge in [-0.3, -0.25) is 9.78 Å². The van der Waals surface area contributed by atoms with Crippen LogP contribution in [-0.2, 0) is 6.54 Å². The summed E-state index contributed by atoms with van der Waals surface area (Å²) < 4.78 is 5.93. The fourth-order valence-corrected chi connectivity index (χ4v) is 4.60. The van der Waals surface area contributed by atoms with E-state index in [1.54, 1.807) is 12.4 Å². The van der Waals surface area contributed by atoms with Crippen LogP contribution in [0.3, 0.4) is 0 Å². The van der Waals surface area contributed by atoms with Crippen LogP contribution in [-0.4, -0.2) is 27.9 Å². The molecule has 2 N–H and O–H groups in total. The van der Waals surface area contributed by atoms with E-state index in [9.17, 15) is 4.79 Å². The maximum absolute atomic E-state index is 13.6. The van der Waals surface area contributed by atoms with E-state index in [0.29, 0.717) is 12.3 Å². The zero-order chi connectivity index (χ0) is 21.9. The summed E-state index contributed by atoms with van der Waals surface area (Å²) >= 11 is 0. The maximum Gasteiger partial charge on any atom is 0.290 e. The Hall–Kier alpha value is -3.44. The number of carbonyl (C=O) groups excluding carboxylic acids is 1. The van der Waals surface area contributed by atoms with Crippen LogP contribution in [0.15, 0.2) is 83.5 Å². The molecule has 0 unspecified atom stereocenters. The molecule has 0 aliphatic heterocycles. The molecule has 0 spiro atoms. The van der Waals surface area contributed by atoms with Crippen molar-refractivity contribution in [1.82, 2.24) is 9.88 Å². The normalized spacial score (nSPS) is 18.5. The van der Waals surface area contributed by atoms with Gasteiger partial charge in [0, 0.05) is 36.4 Å². The lowest BCUT2D eigenvalue weighted by Gasteiger charge is -2.36. The summed E-state index contributed by atoms with van der Waals surface area (Å²) in [5.74, 6) is 0.336. The number of benzene rings is 2. The lowest BCUT2D eigenvalue weighted by molar-refractivity contribution is 0.0576. The van der Waals surface area contributed by atoms with Crippen molar-refractivity contribution in [2.75, 3.05) is 0 Å². The fourth-order valence-electron chi connectivity index (χ4n) is 4.60. The average Bonchev–Trinajstić information content (AvgIpc) is 3.28. The predicted molar refractivity (Wildman–Crippen MR) is 126 cm³/mol. The molecule has 0 radical (unpaired) electrons. The average molecular weight is 426 g/mol. The number of nitrogens with zero attached hydrogens (tertiary/aromatic N) is 2. The van der Waals surface area contributed by atoms with Gasteiger partial charge in [-0.25, -0.2) is 0 Å².